The third kappa shape index (κ3) is 3.91. The first-order valence-electron chi connectivity index (χ1n) is 9.17. The van der Waals surface area contributed by atoms with Gasteiger partial charge in [0.25, 0.3) is 0 Å². The maximum atomic E-state index is 13.1. The van der Waals surface area contributed by atoms with Crippen LogP contribution in [0, 0.1) is 20.8 Å². The van der Waals surface area contributed by atoms with Crippen molar-refractivity contribution in [3.05, 3.63) is 41.2 Å². The van der Waals surface area contributed by atoms with Crippen LogP contribution in [0.5, 0.6) is 0 Å². The second-order valence-corrected chi connectivity index (χ2v) is 8.79. The van der Waals surface area contributed by atoms with E-state index in [-0.39, 0.29) is 23.4 Å². The molecule has 0 aliphatic heterocycles. The second-order valence-electron chi connectivity index (χ2n) is 6.96. The molecular formula is C19H26N4O3S. The monoisotopic (exact) mass is 390 g/mol. The van der Waals surface area contributed by atoms with Crippen molar-refractivity contribution in [3.8, 4) is 0 Å². The Labute approximate surface area is 160 Å². The average molecular weight is 391 g/mol. The highest BCUT2D eigenvalue weighted by molar-refractivity contribution is 7.89. The van der Waals surface area contributed by atoms with Crippen molar-refractivity contribution in [2.45, 2.75) is 58.0 Å². The molecule has 0 unspecified atom stereocenters. The van der Waals surface area contributed by atoms with Gasteiger partial charge < -0.3 is 5.32 Å². The van der Waals surface area contributed by atoms with E-state index in [1.54, 1.807) is 18.2 Å². The molecule has 0 atom stereocenters. The number of carbonyl (C=O) groups excluding carboxylic acids is 1. The van der Waals surface area contributed by atoms with Crippen LogP contribution < -0.4 is 5.32 Å². The van der Waals surface area contributed by atoms with Gasteiger partial charge in [-0.3, -0.25) is 9.48 Å². The molecule has 0 saturated heterocycles. The summed E-state index contributed by atoms with van der Waals surface area (Å²) < 4.78 is 29.2. The van der Waals surface area contributed by atoms with Gasteiger partial charge >= 0.3 is 0 Å². The van der Waals surface area contributed by atoms with E-state index in [1.165, 1.54) is 4.68 Å². The fourth-order valence-electron chi connectivity index (χ4n) is 3.35. The summed E-state index contributed by atoms with van der Waals surface area (Å²) in [7, 11) is -3.61. The van der Waals surface area contributed by atoms with Crippen LogP contribution in [0.25, 0.3) is 0 Å². The number of aromatic nitrogens is 2. The molecule has 1 fully saturated rings. The Balaban J connectivity index is 1.83. The van der Waals surface area contributed by atoms with E-state index in [1.807, 2.05) is 38.1 Å². The Morgan fingerprint density at radius 1 is 1.26 bits per heavy atom. The SMILES string of the molecule is CCN(C1CC1)S(=O)(=O)c1c(C)nn(CC(=O)Nc2ccccc2C)c1C. The third-order valence-corrected chi connectivity index (χ3v) is 7.14. The molecule has 1 heterocycles. The lowest BCUT2D eigenvalue weighted by atomic mass is 10.2. The number of hydrogen-bond donors (Lipinski definition) is 1. The van der Waals surface area contributed by atoms with Crippen molar-refractivity contribution in [3.63, 3.8) is 0 Å². The molecule has 1 aromatic carbocycles. The van der Waals surface area contributed by atoms with Crippen molar-refractivity contribution in [2.75, 3.05) is 11.9 Å². The predicted octanol–water partition coefficient (Wildman–Crippen LogP) is 2.62. The number of para-hydroxylation sites is 1. The van der Waals surface area contributed by atoms with Crippen LogP contribution in [-0.2, 0) is 21.4 Å². The summed E-state index contributed by atoms with van der Waals surface area (Å²) in [4.78, 5) is 12.7. The van der Waals surface area contributed by atoms with Crippen LogP contribution in [0.3, 0.4) is 0 Å². The summed E-state index contributed by atoms with van der Waals surface area (Å²) in [5.41, 5.74) is 2.62. The van der Waals surface area contributed by atoms with Crippen LogP contribution in [0.1, 0.15) is 36.7 Å². The smallest absolute Gasteiger partial charge is 0.246 e. The molecule has 1 N–H and O–H groups in total. The van der Waals surface area contributed by atoms with E-state index < -0.39 is 10.0 Å². The van der Waals surface area contributed by atoms with E-state index in [4.69, 9.17) is 0 Å². The number of nitrogens with zero attached hydrogens (tertiary/aromatic N) is 3. The third-order valence-electron chi connectivity index (χ3n) is 4.86. The predicted molar refractivity (Wildman–Crippen MR) is 104 cm³/mol. The minimum Gasteiger partial charge on any atom is -0.324 e. The molecular weight excluding hydrogens is 364 g/mol. The minimum absolute atomic E-state index is 0.0356. The molecule has 8 heteroatoms. The number of amides is 1. The first-order valence-corrected chi connectivity index (χ1v) is 10.6. The van der Waals surface area contributed by atoms with Gasteiger partial charge in [0, 0.05) is 18.3 Å². The molecule has 146 valence electrons. The van der Waals surface area contributed by atoms with Gasteiger partial charge in [-0.2, -0.15) is 9.40 Å². The Bertz CT molecular complexity index is 961. The van der Waals surface area contributed by atoms with Gasteiger partial charge in [-0.1, -0.05) is 25.1 Å². The van der Waals surface area contributed by atoms with Gasteiger partial charge in [0.15, 0.2) is 0 Å². The normalized spacial score (nSPS) is 14.6. The lowest BCUT2D eigenvalue weighted by Gasteiger charge is -2.20. The summed E-state index contributed by atoms with van der Waals surface area (Å²) >= 11 is 0. The molecule has 1 aromatic heterocycles. The van der Waals surface area contributed by atoms with Gasteiger partial charge in [0.1, 0.15) is 11.4 Å². The largest absolute Gasteiger partial charge is 0.324 e. The van der Waals surface area contributed by atoms with Crippen LogP contribution in [-0.4, -0.2) is 41.0 Å². The lowest BCUT2D eigenvalue weighted by molar-refractivity contribution is -0.116. The van der Waals surface area contributed by atoms with Gasteiger partial charge in [-0.25, -0.2) is 8.42 Å². The molecule has 1 aliphatic rings. The average Bonchev–Trinajstić information content (AvgIpc) is 3.36. The molecule has 3 rings (SSSR count). The van der Waals surface area contributed by atoms with Crippen molar-refractivity contribution in [1.29, 1.82) is 0 Å². The standard InChI is InChI=1S/C19H26N4O3S/c1-5-23(16-10-11-16)27(25,26)19-14(3)21-22(15(19)4)12-18(24)20-17-9-7-6-8-13(17)2/h6-9,16H,5,10-12H2,1-4H3,(H,20,24). The number of rotatable bonds is 7. The zero-order valence-electron chi connectivity index (χ0n) is 16.2. The number of aryl methyl sites for hydroxylation is 2. The fraction of sp³-hybridized carbons (Fsp3) is 0.474. The highest BCUT2D eigenvalue weighted by Crippen LogP contribution is 2.33. The van der Waals surface area contributed by atoms with E-state index in [0.29, 0.717) is 17.9 Å². The molecule has 0 spiro atoms. The molecule has 0 bridgehead atoms. The Kier molecular flexibility index (Phi) is 5.39. The fourth-order valence-corrected chi connectivity index (χ4v) is 5.42. The molecule has 0 radical (unpaired) electrons. The van der Waals surface area contributed by atoms with Crippen molar-refractivity contribution in [1.82, 2.24) is 14.1 Å². The molecule has 1 saturated carbocycles. The van der Waals surface area contributed by atoms with Crippen molar-refractivity contribution < 1.29 is 13.2 Å². The first-order chi connectivity index (χ1) is 12.8. The van der Waals surface area contributed by atoms with Crippen LogP contribution in [0.4, 0.5) is 5.69 Å². The molecule has 1 aliphatic carbocycles. The molecule has 2 aromatic rings. The summed E-state index contributed by atoms with van der Waals surface area (Å²) in [5.74, 6) is -0.242. The minimum atomic E-state index is -3.61. The topological polar surface area (TPSA) is 84.3 Å². The maximum absolute atomic E-state index is 13.1. The van der Waals surface area contributed by atoms with Crippen LogP contribution in [0.2, 0.25) is 0 Å². The molecule has 27 heavy (non-hydrogen) atoms. The molecule has 7 nitrogen and oxygen atoms in total. The number of hydrogen-bond acceptors (Lipinski definition) is 4. The molecule has 1 amide bonds. The van der Waals surface area contributed by atoms with E-state index >= 15 is 0 Å². The van der Waals surface area contributed by atoms with Gasteiger partial charge in [0.2, 0.25) is 15.9 Å². The van der Waals surface area contributed by atoms with Gasteiger partial charge in [-0.05, 0) is 45.2 Å². The van der Waals surface area contributed by atoms with Crippen molar-refractivity contribution >= 4 is 21.6 Å². The maximum Gasteiger partial charge on any atom is 0.246 e. The summed E-state index contributed by atoms with van der Waals surface area (Å²) in [6.45, 7) is 7.55. The number of benzene rings is 1. The van der Waals surface area contributed by atoms with E-state index in [9.17, 15) is 13.2 Å². The Hall–Kier alpha value is -2.19. The number of carbonyl (C=O) groups is 1. The summed E-state index contributed by atoms with van der Waals surface area (Å²) in [6, 6.07) is 7.60. The zero-order chi connectivity index (χ0) is 19.8. The number of nitrogens with one attached hydrogen (secondary N) is 1. The summed E-state index contributed by atoms with van der Waals surface area (Å²) in [6.07, 6.45) is 1.80. The van der Waals surface area contributed by atoms with E-state index in [0.717, 1.165) is 24.1 Å². The first kappa shape index (κ1) is 19.6. The lowest BCUT2D eigenvalue weighted by Crippen LogP contribution is -2.33. The zero-order valence-corrected chi connectivity index (χ0v) is 17.0. The van der Waals surface area contributed by atoms with Crippen molar-refractivity contribution in [2.24, 2.45) is 0 Å². The van der Waals surface area contributed by atoms with Crippen LogP contribution >= 0.6 is 0 Å². The highest BCUT2D eigenvalue weighted by Gasteiger charge is 2.39. The van der Waals surface area contributed by atoms with Gasteiger partial charge in [-0.15, -0.1) is 0 Å². The van der Waals surface area contributed by atoms with Gasteiger partial charge in [0.05, 0.1) is 11.4 Å². The quantitative estimate of drug-likeness (QED) is 0.788. The second kappa shape index (κ2) is 7.44. The highest BCUT2D eigenvalue weighted by atomic mass is 32.2. The number of anilines is 1. The summed E-state index contributed by atoms with van der Waals surface area (Å²) in [5, 5.41) is 7.18. The van der Waals surface area contributed by atoms with E-state index in [2.05, 4.69) is 10.4 Å². The Morgan fingerprint density at radius 3 is 2.52 bits per heavy atom. The Morgan fingerprint density at radius 2 is 1.93 bits per heavy atom. The number of sulfonamides is 1. The van der Waals surface area contributed by atoms with Crippen LogP contribution in [0.15, 0.2) is 29.2 Å².